The van der Waals surface area contributed by atoms with Crippen LogP contribution in [0.25, 0.3) is 0 Å². The monoisotopic (exact) mass is 275 g/mol. The Labute approximate surface area is 121 Å². The molecule has 1 aliphatic carbocycles. The average molecular weight is 275 g/mol. The smallest absolute Gasteiger partial charge is 0.220 e. The molecule has 2 unspecified atom stereocenters. The molecule has 0 saturated heterocycles. The van der Waals surface area contributed by atoms with E-state index in [1.54, 1.807) is 0 Å². The fraction of sp³-hybridized carbons (Fsp3) is 0.588. The van der Waals surface area contributed by atoms with Crippen molar-refractivity contribution in [2.45, 2.75) is 52.0 Å². The fourth-order valence-electron chi connectivity index (χ4n) is 2.77. The van der Waals surface area contributed by atoms with Crippen molar-refractivity contribution in [1.29, 1.82) is 0 Å². The molecule has 110 valence electrons. The van der Waals surface area contributed by atoms with Gasteiger partial charge in [-0.1, -0.05) is 25.1 Å². The van der Waals surface area contributed by atoms with Crippen molar-refractivity contribution >= 4 is 5.91 Å². The molecule has 1 N–H and O–H groups in total. The standard InChI is InChI=1S/C17H25NO2/c1-13-9-10-15(12-13)18-17(19)8-5-11-20-16-7-4-3-6-14(16)2/h3-4,6-7,13,15H,5,8-12H2,1-2H3,(H,18,19). The zero-order chi connectivity index (χ0) is 14.4. The van der Waals surface area contributed by atoms with Crippen LogP contribution >= 0.6 is 0 Å². The first kappa shape index (κ1) is 14.9. The van der Waals surface area contributed by atoms with Gasteiger partial charge in [0.05, 0.1) is 6.61 Å². The highest BCUT2D eigenvalue weighted by atomic mass is 16.5. The minimum Gasteiger partial charge on any atom is -0.493 e. The topological polar surface area (TPSA) is 38.3 Å². The van der Waals surface area contributed by atoms with Gasteiger partial charge in [-0.2, -0.15) is 0 Å². The number of aryl methyl sites for hydroxylation is 1. The summed E-state index contributed by atoms with van der Waals surface area (Å²) in [6.45, 7) is 4.88. The third kappa shape index (κ3) is 4.55. The summed E-state index contributed by atoms with van der Waals surface area (Å²) in [6, 6.07) is 8.36. The van der Waals surface area contributed by atoms with E-state index in [1.165, 1.54) is 6.42 Å². The normalized spacial score (nSPS) is 21.7. The molecule has 1 amide bonds. The first-order chi connectivity index (χ1) is 9.65. The van der Waals surface area contributed by atoms with Gasteiger partial charge in [-0.05, 0) is 50.2 Å². The second-order valence-electron chi connectivity index (χ2n) is 5.90. The number of amides is 1. The fourth-order valence-corrected chi connectivity index (χ4v) is 2.77. The van der Waals surface area contributed by atoms with Gasteiger partial charge in [0.2, 0.25) is 5.91 Å². The van der Waals surface area contributed by atoms with Crippen LogP contribution in [0, 0.1) is 12.8 Å². The Balaban J connectivity index is 1.61. The van der Waals surface area contributed by atoms with Gasteiger partial charge in [-0.3, -0.25) is 4.79 Å². The Hall–Kier alpha value is -1.51. The summed E-state index contributed by atoms with van der Waals surface area (Å²) < 4.78 is 5.69. The Morgan fingerprint density at radius 1 is 1.35 bits per heavy atom. The van der Waals surface area contributed by atoms with Gasteiger partial charge in [0, 0.05) is 12.5 Å². The molecule has 2 rings (SSSR count). The van der Waals surface area contributed by atoms with Gasteiger partial charge in [-0.25, -0.2) is 0 Å². The van der Waals surface area contributed by atoms with Crippen LogP contribution in [-0.4, -0.2) is 18.6 Å². The maximum Gasteiger partial charge on any atom is 0.220 e. The highest BCUT2D eigenvalue weighted by molar-refractivity contribution is 5.76. The molecule has 3 heteroatoms. The summed E-state index contributed by atoms with van der Waals surface area (Å²) in [5.41, 5.74) is 1.14. The van der Waals surface area contributed by atoms with E-state index in [-0.39, 0.29) is 5.91 Å². The first-order valence-electron chi connectivity index (χ1n) is 7.63. The number of ether oxygens (including phenoxy) is 1. The van der Waals surface area contributed by atoms with Crippen molar-refractivity contribution in [1.82, 2.24) is 5.32 Å². The molecule has 0 bridgehead atoms. The highest BCUT2D eigenvalue weighted by Gasteiger charge is 2.22. The largest absolute Gasteiger partial charge is 0.493 e. The van der Waals surface area contributed by atoms with Crippen molar-refractivity contribution < 1.29 is 9.53 Å². The SMILES string of the molecule is Cc1ccccc1OCCCC(=O)NC1CCC(C)C1. The zero-order valence-electron chi connectivity index (χ0n) is 12.5. The van der Waals surface area contributed by atoms with E-state index >= 15 is 0 Å². The van der Waals surface area contributed by atoms with Crippen LogP contribution in [-0.2, 0) is 4.79 Å². The maximum absolute atomic E-state index is 11.8. The van der Waals surface area contributed by atoms with Crippen LogP contribution in [0.1, 0.15) is 44.6 Å². The molecule has 1 saturated carbocycles. The molecule has 0 aromatic heterocycles. The summed E-state index contributed by atoms with van der Waals surface area (Å²) >= 11 is 0. The molecule has 0 spiro atoms. The number of carbonyl (C=O) groups excluding carboxylic acids is 1. The molecule has 0 heterocycles. The third-order valence-corrected chi connectivity index (χ3v) is 3.96. The lowest BCUT2D eigenvalue weighted by Crippen LogP contribution is -2.32. The molecular formula is C17H25NO2. The molecule has 2 atom stereocenters. The van der Waals surface area contributed by atoms with Gasteiger partial charge in [0.1, 0.15) is 5.75 Å². The van der Waals surface area contributed by atoms with E-state index in [4.69, 9.17) is 4.74 Å². The number of benzene rings is 1. The number of carbonyl (C=O) groups is 1. The van der Waals surface area contributed by atoms with Gasteiger partial charge in [-0.15, -0.1) is 0 Å². The van der Waals surface area contributed by atoms with Crippen LogP contribution in [0.15, 0.2) is 24.3 Å². The van der Waals surface area contributed by atoms with E-state index in [0.717, 1.165) is 36.5 Å². The van der Waals surface area contributed by atoms with E-state index in [0.29, 0.717) is 19.1 Å². The molecule has 0 radical (unpaired) electrons. The molecule has 1 aromatic carbocycles. The van der Waals surface area contributed by atoms with Crippen molar-refractivity contribution in [3.05, 3.63) is 29.8 Å². The average Bonchev–Trinajstić information content (AvgIpc) is 2.82. The van der Waals surface area contributed by atoms with Gasteiger partial charge in [0.15, 0.2) is 0 Å². The predicted octanol–water partition coefficient (Wildman–Crippen LogP) is 3.46. The minimum absolute atomic E-state index is 0.164. The number of para-hydroxylation sites is 1. The lowest BCUT2D eigenvalue weighted by atomic mass is 10.1. The molecule has 1 aliphatic rings. The second kappa shape index (κ2) is 7.32. The molecule has 20 heavy (non-hydrogen) atoms. The van der Waals surface area contributed by atoms with Crippen LogP contribution in [0.5, 0.6) is 5.75 Å². The van der Waals surface area contributed by atoms with E-state index in [2.05, 4.69) is 12.2 Å². The summed E-state index contributed by atoms with van der Waals surface area (Å²) in [5.74, 6) is 1.83. The van der Waals surface area contributed by atoms with Crippen LogP contribution in [0.3, 0.4) is 0 Å². The van der Waals surface area contributed by atoms with Gasteiger partial charge in [0.25, 0.3) is 0 Å². The molecule has 1 aromatic rings. The lowest BCUT2D eigenvalue weighted by Gasteiger charge is -2.13. The van der Waals surface area contributed by atoms with Gasteiger partial charge < -0.3 is 10.1 Å². The number of nitrogens with one attached hydrogen (secondary N) is 1. The van der Waals surface area contributed by atoms with Crippen LogP contribution < -0.4 is 10.1 Å². The summed E-state index contributed by atoms with van der Waals surface area (Å²) in [5, 5.41) is 3.12. The Morgan fingerprint density at radius 3 is 2.85 bits per heavy atom. The van der Waals surface area contributed by atoms with Crippen molar-refractivity contribution in [3.8, 4) is 5.75 Å². The molecular weight excluding hydrogens is 250 g/mol. The Morgan fingerprint density at radius 2 is 2.15 bits per heavy atom. The second-order valence-corrected chi connectivity index (χ2v) is 5.90. The lowest BCUT2D eigenvalue weighted by molar-refractivity contribution is -0.122. The summed E-state index contributed by atoms with van der Waals surface area (Å²) in [7, 11) is 0. The van der Waals surface area contributed by atoms with Crippen molar-refractivity contribution in [2.24, 2.45) is 5.92 Å². The van der Waals surface area contributed by atoms with E-state index in [1.807, 2.05) is 31.2 Å². The maximum atomic E-state index is 11.8. The number of hydrogen-bond donors (Lipinski definition) is 1. The summed E-state index contributed by atoms with van der Waals surface area (Å²) in [6.07, 6.45) is 4.82. The predicted molar refractivity (Wildman–Crippen MR) is 80.9 cm³/mol. The van der Waals surface area contributed by atoms with E-state index in [9.17, 15) is 4.79 Å². The Bertz CT molecular complexity index is 444. The molecule has 1 fully saturated rings. The highest BCUT2D eigenvalue weighted by Crippen LogP contribution is 2.24. The third-order valence-electron chi connectivity index (χ3n) is 3.96. The van der Waals surface area contributed by atoms with Gasteiger partial charge >= 0.3 is 0 Å². The van der Waals surface area contributed by atoms with Crippen molar-refractivity contribution in [3.63, 3.8) is 0 Å². The Kier molecular flexibility index (Phi) is 5.45. The first-order valence-corrected chi connectivity index (χ1v) is 7.63. The minimum atomic E-state index is 0.164. The van der Waals surface area contributed by atoms with Crippen LogP contribution in [0.2, 0.25) is 0 Å². The van der Waals surface area contributed by atoms with Crippen LogP contribution in [0.4, 0.5) is 0 Å². The number of hydrogen-bond acceptors (Lipinski definition) is 2. The molecule has 0 aliphatic heterocycles. The zero-order valence-corrected chi connectivity index (χ0v) is 12.5. The quantitative estimate of drug-likeness (QED) is 0.807. The van der Waals surface area contributed by atoms with E-state index < -0.39 is 0 Å². The number of rotatable bonds is 6. The van der Waals surface area contributed by atoms with Crippen molar-refractivity contribution in [2.75, 3.05) is 6.61 Å². The molecule has 3 nitrogen and oxygen atoms in total. The summed E-state index contributed by atoms with van der Waals surface area (Å²) in [4.78, 5) is 11.8.